The highest BCUT2D eigenvalue weighted by molar-refractivity contribution is 6.34. The predicted octanol–water partition coefficient (Wildman–Crippen LogP) is 1.15. The summed E-state index contributed by atoms with van der Waals surface area (Å²) in [6.45, 7) is 3.91. The van der Waals surface area contributed by atoms with E-state index in [4.69, 9.17) is 16.3 Å². The predicted molar refractivity (Wildman–Crippen MR) is 64.2 cm³/mol. The molecule has 1 atom stereocenters. The molecule has 0 aromatic carbocycles. The first-order valence-electron chi connectivity index (χ1n) is 5.64. The zero-order chi connectivity index (χ0) is 12.4. The Morgan fingerprint density at radius 1 is 1.71 bits per heavy atom. The number of nitrogens with one attached hydrogen (secondary N) is 1. The van der Waals surface area contributed by atoms with E-state index in [1.54, 1.807) is 14.0 Å². The Bertz CT molecular complexity index is 425. The number of rotatable bonds is 3. The second-order valence-corrected chi connectivity index (χ2v) is 4.69. The van der Waals surface area contributed by atoms with Gasteiger partial charge in [0.15, 0.2) is 0 Å². The van der Waals surface area contributed by atoms with Crippen molar-refractivity contribution in [1.82, 2.24) is 15.1 Å². The van der Waals surface area contributed by atoms with Crippen LogP contribution in [0.25, 0.3) is 0 Å². The highest BCUT2D eigenvalue weighted by atomic mass is 35.5. The molecule has 2 rings (SSSR count). The SMILES string of the molecule is Cc1nn(C)c(C(=O)NCC2CCOC2)c1Cl. The maximum absolute atomic E-state index is 12.0. The van der Waals surface area contributed by atoms with E-state index in [0.717, 1.165) is 19.6 Å². The summed E-state index contributed by atoms with van der Waals surface area (Å²) >= 11 is 6.04. The number of nitrogens with zero attached hydrogens (tertiary/aromatic N) is 2. The number of halogens is 1. The monoisotopic (exact) mass is 257 g/mol. The Morgan fingerprint density at radius 2 is 2.47 bits per heavy atom. The molecule has 1 aliphatic heterocycles. The van der Waals surface area contributed by atoms with Crippen LogP contribution in [0.5, 0.6) is 0 Å². The summed E-state index contributed by atoms with van der Waals surface area (Å²) < 4.78 is 6.76. The van der Waals surface area contributed by atoms with Gasteiger partial charge in [-0.25, -0.2) is 0 Å². The maximum atomic E-state index is 12.0. The van der Waals surface area contributed by atoms with E-state index in [0.29, 0.717) is 28.9 Å². The van der Waals surface area contributed by atoms with Gasteiger partial charge >= 0.3 is 0 Å². The van der Waals surface area contributed by atoms with Crippen LogP contribution < -0.4 is 5.32 Å². The first-order valence-corrected chi connectivity index (χ1v) is 6.02. The summed E-state index contributed by atoms with van der Waals surface area (Å²) in [5, 5.41) is 7.41. The van der Waals surface area contributed by atoms with Gasteiger partial charge in [0.1, 0.15) is 5.69 Å². The van der Waals surface area contributed by atoms with Crippen molar-refractivity contribution in [1.29, 1.82) is 0 Å². The molecule has 1 aromatic heterocycles. The molecule has 0 bridgehead atoms. The Morgan fingerprint density at radius 3 is 3.00 bits per heavy atom. The van der Waals surface area contributed by atoms with Gasteiger partial charge in [-0.05, 0) is 13.3 Å². The first kappa shape index (κ1) is 12.4. The third-order valence-corrected chi connectivity index (χ3v) is 3.39. The van der Waals surface area contributed by atoms with Gasteiger partial charge in [0.2, 0.25) is 0 Å². The lowest BCUT2D eigenvalue weighted by molar-refractivity contribution is 0.0935. The summed E-state index contributed by atoms with van der Waals surface area (Å²) in [4.78, 5) is 12.0. The Kier molecular flexibility index (Phi) is 3.69. The summed E-state index contributed by atoms with van der Waals surface area (Å²) in [6.07, 6.45) is 0.998. The smallest absolute Gasteiger partial charge is 0.271 e. The molecule has 6 heteroatoms. The zero-order valence-corrected chi connectivity index (χ0v) is 10.8. The molecule has 1 fully saturated rings. The molecule has 17 heavy (non-hydrogen) atoms. The van der Waals surface area contributed by atoms with E-state index in [2.05, 4.69) is 10.4 Å². The fraction of sp³-hybridized carbons (Fsp3) is 0.636. The van der Waals surface area contributed by atoms with E-state index in [1.165, 1.54) is 4.68 Å². The molecule has 0 saturated carbocycles. The summed E-state index contributed by atoms with van der Waals surface area (Å²) in [7, 11) is 1.71. The number of hydrogen-bond acceptors (Lipinski definition) is 3. The molecule has 1 saturated heterocycles. The van der Waals surface area contributed by atoms with Crippen molar-refractivity contribution < 1.29 is 9.53 Å². The number of amides is 1. The van der Waals surface area contributed by atoms with Crippen LogP contribution in [0.2, 0.25) is 5.02 Å². The van der Waals surface area contributed by atoms with Gasteiger partial charge in [0.05, 0.1) is 17.3 Å². The van der Waals surface area contributed by atoms with Crippen LogP contribution in [-0.4, -0.2) is 35.4 Å². The molecular weight excluding hydrogens is 242 g/mol. The molecule has 5 nitrogen and oxygen atoms in total. The van der Waals surface area contributed by atoms with Gasteiger partial charge < -0.3 is 10.1 Å². The summed E-state index contributed by atoms with van der Waals surface area (Å²) in [5.41, 5.74) is 1.09. The van der Waals surface area contributed by atoms with Crippen LogP contribution >= 0.6 is 11.6 Å². The van der Waals surface area contributed by atoms with Crippen LogP contribution in [0, 0.1) is 12.8 Å². The molecule has 1 aliphatic rings. The molecule has 0 spiro atoms. The molecule has 0 aliphatic carbocycles. The number of aromatic nitrogens is 2. The minimum absolute atomic E-state index is 0.176. The summed E-state index contributed by atoms with van der Waals surface area (Å²) in [5.74, 6) is 0.233. The maximum Gasteiger partial charge on any atom is 0.271 e. The largest absolute Gasteiger partial charge is 0.381 e. The molecule has 2 heterocycles. The van der Waals surface area contributed by atoms with Crippen molar-refractivity contribution >= 4 is 17.5 Å². The molecule has 1 unspecified atom stereocenters. The van der Waals surface area contributed by atoms with Crippen LogP contribution in [0.3, 0.4) is 0 Å². The second-order valence-electron chi connectivity index (χ2n) is 4.31. The van der Waals surface area contributed by atoms with E-state index in [1.807, 2.05) is 0 Å². The number of hydrogen-bond donors (Lipinski definition) is 1. The number of ether oxygens (including phenoxy) is 1. The molecule has 94 valence electrons. The third kappa shape index (κ3) is 2.61. The van der Waals surface area contributed by atoms with Crippen LogP contribution in [0.1, 0.15) is 22.6 Å². The van der Waals surface area contributed by atoms with Gasteiger partial charge in [-0.15, -0.1) is 0 Å². The lowest BCUT2D eigenvalue weighted by atomic mass is 10.1. The van der Waals surface area contributed by atoms with E-state index in [-0.39, 0.29) is 5.91 Å². The van der Waals surface area contributed by atoms with E-state index < -0.39 is 0 Å². The standard InChI is InChI=1S/C11H16ClN3O2/c1-7-9(12)10(15(2)14-7)11(16)13-5-8-3-4-17-6-8/h8H,3-6H2,1-2H3,(H,13,16). The van der Waals surface area contributed by atoms with Gasteiger partial charge in [-0.1, -0.05) is 11.6 Å². The summed E-state index contributed by atoms with van der Waals surface area (Å²) in [6, 6.07) is 0. The minimum atomic E-state index is -0.176. The lowest BCUT2D eigenvalue weighted by Gasteiger charge is -2.09. The Hall–Kier alpha value is -1.07. The first-order chi connectivity index (χ1) is 8.09. The molecule has 1 aromatic rings. The minimum Gasteiger partial charge on any atom is -0.381 e. The Balaban J connectivity index is 1.99. The van der Waals surface area contributed by atoms with E-state index in [9.17, 15) is 4.79 Å². The van der Waals surface area contributed by atoms with Crippen molar-refractivity contribution in [3.05, 3.63) is 16.4 Å². The van der Waals surface area contributed by atoms with E-state index >= 15 is 0 Å². The van der Waals surface area contributed by atoms with Gasteiger partial charge in [0.25, 0.3) is 5.91 Å². The van der Waals surface area contributed by atoms with Gasteiger partial charge in [-0.2, -0.15) is 5.10 Å². The van der Waals surface area contributed by atoms with Crippen molar-refractivity contribution in [3.63, 3.8) is 0 Å². The fourth-order valence-electron chi connectivity index (χ4n) is 1.94. The Labute approximate surface area is 105 Å². The van der Waals surface area contributed by atoms with Crippen molar-refractivity contribution in [2.24, 2.45) is 13.0 Å². The van der Waals surface area contributed by atoms with Crippen molar-refractivity contribution in [2.45, 2.75) is 13.3 Å². The quantitative estimate of drug-likeness (QED) is 0.884. The molecular formula is C11H16ClN3O2. The molecule has 1 N–H and O–H groups in total. The highest BCUT2D eigenvalue weighted by Gasteiger charge is 2.21. The van der Waals surface area contributed by atoms with Gasteiger partial charge in [0, 0.05) is 26.1 Å². The molecule has 1 amide bonds. The topological polar surface area (TPSA) is 56.2 Å². The third-order valence-electron chi connectivity index (χ3n) is 2.94. The number of aryl methyl sites for hydroxylation is 2. The van der Waals surface area contributed by atoms with Crippen LogP contribution in [0.15, 0.2) is 0 Å². The fourth-order valence-corrected chi connectivity index (χ4v) is 2.19. The average Bonchev–Trinajstić information content (AvgIpc) is 2.86. The van der Waals surface area contributed by atoms with Crippen LogP contribution in [0.4, 0.5) is 0 Å². The molecule has 0 radical (unpaired) electrons. The van der Waals surface area contributed by atoms with Crippen LogP contribution in [-0.2, 0) is 11.8 Å². The lowest BCUT2D eigenvalue weighted by Crippen LogP contribution is -2.31. The van der Waals surface area contributed by atoms with Crippen molar-refractivity contribution in [3.8, 4) is 0 Å². The van der Waals surface area contributed by atoms with Crippen molar-refractivity contribution in [2.75, 3.05) is 19.8 Å². The average molecular weight is 258 g/mol. The number of carbonyl (C=O) groups is 1. The highest BCUT2D eigenvalue weighted by Crippen LogP contribution is 2.19. The zero-order valence-electron chi connectivity index (χ0n) is 9.99. The number of carbonyl (C=O) groups excluding carboxylic acids is 1. The van der Waals surface area contributed by atoms with Gasteiger partial charge in [-0.3, -0.25) is 9.48 Å². The normalized spacial score (nSPS) is 19.6. The second kappa shape index (κ2) is 5.06.